The first kappa shape index (κ1) is 14.2. The molecule has 2 nitrogen and oxygen atoms in total. The van der Waals surface area contributed by atoms with Gasteiger partial charge in [-0.3, -0.25) is 0 Å². The van der Waals surface area contributed by atoms with E-state index in [1.54, 1.807) is 24.3 Å². The lowest BCUT2D eigenvalue weighted by Crippen LogP contribution is -2.18. The van der Waals surface area contributed by atoms with Crippen molar-refractivity contribution in [1.82, 2.24) is 10.3 Å². The highest BCUT2D eigenvalue weighted by molar-refractivity contribution is 7.09. The molecule has 0 bridgehead atoms. The highest BCUT2D eigenvalue weighted by Gasteiger charge is 2.08. The van der Waals surface area contributed by atoms with Gasteiger partial charge in [0.25, 0.3) is 0 Å². The van der Waals surface area contributed by atoms with E-state index in [1.807, 2.05) is 19.1 Å². The van der Waals surface area contributed by atoms with Gasteiger partial charge in [-0.05, 0) is 37.5 Å². The first-order valence-corrected chi connectivity index (χ1v) is 7.40. The molecule has 0 saturated carbocycles. The van der Waals surface area contributed by atoms with Crippen LogP contribution in [0, 0.1) is 12.7 Å². The minimum atomic E-state index is -0.145. The topological polar surface area (TPSA) is 24.9 Å². The molecule has 2 rings (SSSR count). The van der Waals surface area contributed by atoms with Gasteiger partial charge in [-0.25, -0.2) is 9.37 Å². The average Bonchev–Trinajstić information content (AvgIpc) is 2.87. The van der Waals surface area contributed by atoms with Crippen LogP contribution in [-0.2, 0) is 13.0 Å². The fourth-order valence-electron chi connectivity index (χ4n) is 1.85. The smallest absolute Gasteiger partial charge is 0.126 e. The summed E-state index contributed by atoms with van der Waals surface area (Å²) in [7, 11) is 0. The predicted molar refractivity (Wildman–Crippen MR) is 77.9 cm³/mol. The second kappa shape index (κ2) is 6.26. The van der Waals surface area contributed by atoms with Crippen molar-refractivity contribution in [3.63, 3.8) is 0 Å². The van der Waals surface area contributed by atoms with E-state index >= 15 is 0 Å². The Hall–Kier alpha value is -1.26. The molecule has 19 heavy (non-hydrogen) atoms. The van der Waals surface area contributed by atoms with Crippen LogP contribution >= 0.6 is 11.3 Å². The quantitative estimate of drug-likeness (QED) is 0.894. The standard InChI is InChI=1S/C15H19FN2S/c1-4-15-18-13(9-19-15)8-17-11(3)12-6-5-10(2)14(16)7-12/h5-7,9,11,17H,4,8H2,1-3H3. The minimum absolute atomic E-state index is 0.113. The Morgan fingerprint density at radius 1 is 1.42 bits per heavy atom. The molecule has 0 aliphatic carbocycles. The molecule has 0 saturated heterocycles. The van der Waals surface area contributed by atoms with E-state index in [0.717, 1.165) is 22.7 Å². The molecule has 1 N–H and O–H groups in total. The molecule has 1 unspecified atom stereocenters. The Bertz CT molecular complexity index is 551. The van der Waals surface area contributed by atoms with Crippen LogP contribution in [-0.4, -0.2) is 4.98 Å². The van der Waals surface area contributed by atoms with Crippen LogP contribution in [0.25, 0.3) is 0 Å². The molecule has 1 aromatic heterocycles. The normalized spacial score (nSPS) is 12.6. The maximum atomic E-state index is 13.5. The zero-order chi connectivity index (χ0) is 13.8. The molecule has 4 heteroatoms. The number of halogens is 1. The van der Waals surface area contributed by atoms with Crippen molar-refractivity contribution in [2.45, 2.75) is 39.8 Å². The van der Waals surface area contributed by atoms with Gasteiger partial charge in [0.05, 0.1) is 10.7 Å². The summed E-state index contributed by atoms with van der Waals surface area (Å²) in [4.78, 5) is 4.51. The summed E-state index contributed by atoms with van der Waals surface area (Å²) < 4.78 is 13.5. The van der Waals surface area contributed by atoms with Crippen molar-refractivity contribution in [3.8, 4) is 0 Å². The van der Waals surface area contributed by atoms with Crippen LogP contribution in [0.4, 0.5) is 4.39 Å². The molecule has 0 radical (unpaired) electrons. The molecular weight excluding hydrogens is 259 g/mol. The Balaban J connectivity index is 1.96. The minimum Gasteiger partial charge on any atom is -0.305 e. The van der Waals surface area contributed by atoms with Crippen LogP contribution < -0.4 is 5.32 Å². The van der Waals surface area contributed by atoms with E-state index in [2.05, 4.69) is 22.6 Å². The maximum absolute atomic E-state index is 13.5. The first-order chi connectivity index (χ1) is 9.10. The summed E-state index contributed by atoms with van der Waals surface area (Å²) >= 11 is 1.69. The van der Waals surface area contributed by atoms with Gasteiger partial charge in [0.15, 0.2) is 0 Å². The van der Waals surface area contributed by atoms with Gasteiger partial charge in [-0.15, -0.1) is 11.3 Å². The highest BCUT2D eigenvalue weighted by atomic mass is 32.1. The fraction of sp³-hybridized carbons (Fsp3) is 0.400. The van der Waals surface area contributed by atoms with Crippen molar-refractivity contribution >= 4 is 11.3 Å². The lowest BCUT2D eigenvalue weighted by molar-refractivity contribution is 0.558. The van der Waals surface area contributed by atoms with Crippen LogP contribution in [0.15, 0.2) is 23.6 Å². The number of hydrogen-bond acceptors (Lipinski definition) is 3. The van der Waals surface area contributed by atoms with Gasteiger partial charge >= 0.3 is 0 Å². The van der Waals surface area contributed by atoms with Crippen molar-refractivity contribution in [1.29, 1.82) is 0 Å². The van der Waals surface area contributed by atoms with Gasteiger partial charge in [0.1, 0.15) is 5.82 Å². The SMILES string of the molecule is CCc1nc(CNC(C)c2ccc(C)c(F)c2)cs1. The van der Waals surface area contributed by atoms with Gasteiger partial charge in [0, 0.05) is 18.0 Å². The Morgan fingerprint density at radius 3 is 2.84 bits per heavy atom. The van der Waals surface area contributed by atoms with E-state index in [1.165, 1.54) is 0 Å². The van der Waals surface area contributed by atoms with Gasteiger partial charge in [-0.1, -0.05) is 19.1 Å². The molecule has 1 heterocycles. The van der Waals surface area contributed by atoms with Crippen LogP contribution in [0.5, 0.6) is 0 Å². The number of nitrogens with one attached hydrogen (secondary N) is 1. The highest BCUT2D eigenvalue weighted by Crippen LogP contribution is 2.17. The monoisotopic (exact) mass is 278 g/mol. The third kappa shape index (κ3) is 3.61. The van der Waals surface area contributed by atoms with Crippen LogP contribution in [0.2, 0.25) is 0 Å². The van der Waals surface area contributed by atoms with Gasteiger partial charge in [-0.2, -0.15) is 0 Å². The zero-order valence-corrected chi connectivity index (χ0v) is 12.4. The molecule has 0 fully saturated rings. The Morgan fingerprint density at radius 2 is 2.21 bits per heavy atom. The lowest BCUT2D eigenvalue weighted by Gasteiger charge is -2.14. The van der Waals surface area contributed by atoms with E-state index < -0.39 is 0 Å². The molecule has 102 valence electrons. The zero-order valence-electron chi connectivity index (χ0n) is 11.5. The molecule has 1 aromatic carbocycles. The molecular formula is C15H19FN2S. The molecule has 2 aromatic rings. The molecule has 0 spiro atoms. The van der Waals surface area contributed by atoms with Crippen molar-refractivity contribution in [2.75, 3.05) is 0 Å². The largest absolute Gasteiger partial charge is 0.305 e. The maximum Gasteiger partial charge on any atom is 0.126 e. The van der Waals surface area contributed by atoms with E-state index in [9.17, 15) is 4.39 Å². The first-order valence-electron chi connectivity index (χ1n) is 6.53. The van der Waals surface area contributed by atoms with Crippen molar-refractivity contribution < 1.29 is 4.39 Å². The summed E-state index contributed by atoms with van der Waals surface area (Å²) in [5, 5.41) is 6.61. The summed E-state index contributed by atoms with van der Waals surface area (Å²) in [6.07, 6.45) is 0.976. The third-order valence-electron chi connectivity index (χ3n) is 3.19. The number of rotatable bonds is 5. The second-order valence-electron chi connectivity index (χ2n) is 4.70. The number of aromatic nitrogens is 1. The van der Waals surface area contributed by atoms with E-state index in [0.29, 0.717) is 12.1 Å². The number of benzene rings is 1. The average molecular weight is 278 g/mol. The predicted octanol–water partition coefficient (Wildman–Crippen LogP) is 4.00. The molecule has 0 aliphatic rings. The molecule has 0 amide bonds. The third-order valence-corrected chi connectivity index (χ3v) is 4.23. The Labute approximate surface area is 117 Å². The second-order valence-corrected chi connectivity index (χ2v) is 5.64. The van der Waals surface area contributed by atoms with Crippen LogP contribution in [0.1, 0.15) is 41.7 Å². The van der Waals surface area contributed by atoms with Gasteiger partial charge < -0.3 is 5.32 Å². The number of aryl methyl sites for hydroxylation is 2. The number of nitrogens with zero attached hydrogens (tertiary/aromatic N) is 1. The van der Waals surface area contributed by atoms with Crippen molar-refractivity contribution in [2.24, 2.45) is 0 Å². The summed E-state index contributed by atoms with van der Waals surface area (Å²) in [6, 6.07) is 5.50. The molecule has 0 aliphatic heterocycles. The fourth-order valence-corrected chi connectivity index (χ4v) is 2.59. The summed E-state index contributed by atoms with van der Waals surface area (Å²) in [5.41, 5.74) is 2.71. The van der Waals surface area contributed by atoms with Gasteiger partial charge in [0.2, 0.25) is 0 Å². The molecule has 1 atom stereocenters. The van der Waals surface area contributed by atoms with E-state index in [-0.39, 0.29) is 11.9 Å². The summed E-state index contributed by atoms with van der Waals surface area (Å²) in [5.74, 6) is -0.145. The Kier molecular flexibility index (Phi) is 4.66. The lowest BCUT2D eigenvalue weighted by atomic mass is 10.1. The van der Waals surface area contributed by atoms with E-state index in [4.69, 9.17) is 0 Å². The van der Waals surface area contributed by atoms with Crippen molar-refractivity contribution in [3.05, 3.63) is 51.2 Å². The number of thiazole rings is 1. The number of hydrogen-bond donors (Lipinski definition) is 1. The van der Waals surface area contributed by atoms with Crippen LogP contribution in [0.3, 0.4) is 0 Å². The summed E-state index contributed by atoms with van der Waals surface area (Å²) in [6.45, 7) is 6.64.